The first-order valence-electron chi connectivity index (χ1n) is 11.4. The number of esters is 1. The van der Waals surface area contributed by atoms with Crippen LogP contribution in [0.15, 0.2) is 0 Å². The largest absolute Gasteiger partial charge is 0.456 e. The van der Waals surface area contributed by atoms with Gasteiger partial charge >= 0.3 is 5.97 Å². The van der Waals surface area contributed by atoms with Crippen LogP contribution in [0.2, 0.25) is 0 Å². The van der Waals surface area contributed by atoms with Crippen LogP contribution in [0.4, 0.5) is 0 Å². The third-order valence-corrected chi connectivity index (χ3v) is 7.40. The maximum Gasteiger partial charge on any atom is 0.303 e. The number of hydrogen-bond acceptors (Lipinski definition) is 8. The fourth-order valence-corrected chi connectivity index (χ4v) is 5.40. The molecule has 9 atom stereocenters. The Morgan fingerprint density at radius 2 is 2.06 bits per heavy atom. The van der Waals surface area contributed by atoms with Crippen LogP contribution < -0.4 is 10.6 Å². The highest BCUT2D eigenvalue weighted by atomic mass is 35.5. The van der Waals surface area contributed by atoms with Crippen LogP contribution in [0, 0.1) is 12.5 Å². The van der Waals surface area contributed by atoms with E-state index in [-0.39, 0.29) is 5.91 Å². The molecule has 2 saturated heterocycles. The molecule has 0 aromatic carbocycles. The average molecular weight is 506 g/mol. The molecule has 9 nitrogen and oxygen atoms in total. The Morgan fingerprint density at radius 3 is 2.67 bits per heavy atom. The molecule has 0 unspecified atom stereocenters. The van der Waals surface area contributed by atoms with Crippen LogP contribution in [0.1, 0.15) is 46.0 Å². The van der Waals surface area contributed by atoms with E-state index in [1.165, 1.54) is 18.7 Å². The van der Waals surface area contributed by atoms with Gasteiger partial charge in [-0.25, -0.2) is 6.57 Å². The lowest BCUT2D eigenvalue weighted by molar-refractivity contribution is -0.217. The molecule has 33 heavy (non-hydrogen) atoms. The molecule has 2 aliphatic rings. The van der Waals surface area contributed by atoms with Crippen molar-refractivity contribution in [2.75, 3.05) is 19.3 Å². The lowest BCUT2D eigenvalue weighted by Gasteiger charge is -2.45. The number of thioether (sulfide) groups is 1. The van der Waals surface area contributed by atoms with E-state index in [1.807, 2.05) is 0 Å². The van der Waals surface area contributed by atoms with E-state index in [0.717, 1.165) is 25.7 Å². The molecule has 188 valence electrons. The average Bonchev–Trinajstić information content (AvgIpc) is 3.01. The second-order valence-electron chi connectivity index (χ2n) is 8.73. The molecule has 11 heteroatoms. The number of halogens is 1. The smallest absolute Gasteiger partial charge is 0.303 e. The van der Waals surface area contributed by atoms with Gasteiger partial charge in [-0.15, -0.1) is 23.4 Å². The Hall–Kier alpha value is -1.09. The third kappa shape index (κ3) is 7.98. The summed E-state index contributed by atoms with van der Waals surface area (Å²) in [4.78, 5) is 27.9. The van der Waals surface area contributed by atoms with E-state index in [0.29, 0.717) is 25.4 Å². The topological polar surface area (TPSA) is 121 Å². The van der Waals surface area contributed by atoms with Gasteiger partial charge in [0.2, 0.25) is 12.5 Å². The molecule has 2 rings (SSSR count). The van der Waals surface area contributed by atoms with Gasteiger partial charge in [-0.05, 0) is 51.3 Å². The van der Waals surface area contributed by atoms with Crippen molar-refractivity contribution >= 4 is 35.2 Å². The summed E-state index contributed by atoms with van der Waals surface area (Å²) in [5, 5.41) is 27.0. The maximum atomic E-state index is 13.1. The molecular weight excluding hydrogens is 470 g/mol. The number of rotatable bonds is 9. The summed E-state index contributed by atoms with van der Waals surface area (Å²) in [7, 11) is 0. The van der Waals surface area contributed by atoms with Gasteiger partial charge in [0, 0.05) is 13.3 Å². The SMILES string of the molecule is [C-]#[N+]CCC[C@@H]1CCN[C@H](C(=O)N[C@@H]([C@H]2O[C@H](SC)[C@H](OC(C)=O)[C@@H](O)[C@H]2O)[C@H](C)Cl)CC1. The predicted molar refractivity (Wildman–Crippen MR) is 127 cm³/mol. The van der Waals surface area contributed by atoms with Crippen molar-refractivity contribution in [1.29, 1.82) is 0 Å². The fourth-order valence-electron chi connectivity index (χ4n) is 4.47. The van der Waals surface area contributed by atoms with Crippen molar-refractivity contribution in [2.45, 2.75) is 93.3 Å². The zero-order valence-electron chi connectivity index (χ0n) is 19.4. The van der Waals surface area contributed by atoms with Gasteiger partial charge in [-0.1, -0.05) is 0 Å². The number of ether oxygens (including phenoxy) is 2. The van der Waals surface area contributed by atoms with E-state index >= 15 is 0 Å². The Kier molecular flexibility index (Phi) is 11.7. The Bertz CT molecular complexity index is 692. The van der Waals surface area contributed by atoms with Gasteiger partial charge in [0.05, 0.1) is 17.5 Å². The lowest BCUT2D eigenvalue weighted by Crippen LogP contribution is -2.65. The number of carbonyl (C=O) groups excluding carboxylic acids is 2. The number of aliphatic hydroxyl groups excluding tert-OH is 2. The molecule has 0 aromatic heterocycles. The highest BCUT2D eigenvalue weighted by molar-refractivity contribution is 7.99. The minimum absolute atomic E-state index is 0.234. The molecule has 0 saturated carbocycles. The number of amides is 1. The molecule has 4 N–H and O–H groups in total. The fraction of sp³-hybridized carbons (Fsp3) is 0.864. The first-order valence-corrected chi connectivity index (χ1v) is 13.1. The molecule has 2 aliphatic heterocycles. The van der Waals surface area contributed by atoms with Crippen LogP contribution >= 0.6 is 23.4 Å². The summed E-state index contributed by atoms with van der Waals surface area (Å²) in [5.41, 5.74) is -0.723. The zero-order valence-corrected chi connectivity index (χ0v) is 21.0. The minimum atomic E-state index is -1.40. The number of alkyl halides is 1. The van der Waals surface area contributed by atoms with E-state index < -0.39 is 53.3 Å². The van der Waals surface area contributed by atoms with E-state index in [4.69, 9.17) is 27.6 Å². The zero-order chi connectivity index (χ0) is 24.5. The molecule has 0 spiro atoms. The summed E-state index contributed by atoms with van der Waals surface area (Å²) in [6, 6.07) is -1.17. The molecule has 2 heterocycles. The molecule has 0 aliphatic carbocycles. The van der Waals surface area contributed by atoms with Gasteiger partial charge in [-0.3, -0.25) is 9.59 Å². The monoisotopic (exact) mass is 505 g/mol. The van der Waals surface area contributed by atoms with Gasteiger partial charge in [0.25, 0.3) is 0 Å². The van der Waals surface area contributed by atoms with Crippen LogP contribution in [0.25, 0.3) is 4.85 Å². The maximum absolute atomic E-state index is 13.1. The standard InChI is InChI=1S/C22H36ClN3O6S/c1-12(23)16(19-17(28)18(29)20(31-13(2)27)22(32-19)33-4)26-21(30)15-8-7-14(9-11-25-15)6-5-10-24-3/h12,14-20,22,25,28-29H,5-11H2,1-2,4H3,(H,26,30)/t12-,14-,15-,16+,17+,18-,19+,20+,22+/m0/s1. The minimum Gasteiger partial charge on any atom is -0.456 e. The van der Waals surface area contributed by atoms with Gasteiger partial charge in [0.1, 0.15) is 23.7 Å². The highest BCUT2D eigenvalue weighted by Gasteiger charge is 2.50. The van der Waals surface area contributed by atoms with Crippen molar-refractivity contribution < 1.29 is 29.3 Å². The quantitative estimate of drug-likeness (QED) is 0.160. The molecule has 1 amide bonds. The van der Waals surface area contributed by atoms with Crippen molar-refractivity contribution in [3.8, 4) is 0 Å². The first-order chi connectivity index (χ1) is 15.7. The van der Waals surface area contributed by atoms with Crippen molar-refractivity contribution in [3.63, 3.8) is 0 Å². The number of carbonyl (C=O) groups is 2. The summed E-state index contributed by atoms with van der Waals surface area (Å²) >= 11 is 7.62. The summed E-state index contributed by atoms with van der Waals surface area (Å²) < 4.78 is 11.1. The van der Waals surface area contributed by atoms with Crippen LogP contribution in [0.3, 0.4) is 0 Å². The highest BCUT2D eigenvalue weighted by Crippen LogP contribution is 2.32. The molecular formula is C22H36ClN3O6S. The summed E-state index contributed by atoms with van der Waals surface area (Å²) in [6.07, 6.45) is 1.32. The number of nitrogens with zero attached hydrogens (tertiary/aromatic N) is 1. The molecule has 0 radical (unpaired) electrons. The van der Waals surface area contributed by atoms with Crippen LogP contribution in [-0.4, -0.2) is 88.7 Å². The Labute approximate surface area is 205 Å². The van der Waals surface area contributed by atoms with Crippen molar-refractivity contribution in [3.05, 3.63) is 11.4 Å². The second kappa shape index (κ2) is 13.7. The summed E-state index contributed by atoms with van der Waals surface area (Å²) in [5.74, 6) is -0.337. The van der Waals surface area contributed by atoms with Crippen LogP contribution in [0.5, 0.6) is 0 Å². The lowest BCUT2D eigenvalue weighted by atomic mass is 9.92. The predicted octanol–water partition coefficient (Wildman–Crippen LogP) is 1.30. The number of aliphatic hydroxyl groups is 2. The number of nitrogens with one attached hydrogen (secondary N) is 2. The van der Waals surface area contributed by atoms with Crippen molar-refractivity contribution in [2.24, 2.45) is 5.92 Å². The molecule has 0 bridgehead atoms. The van der Waals surface area contributed by atoms with Crippen LogP contribution in [-0.2, 0) is 19.1 Å². The normalized spacial score (nSPS) is 34.4. The van der Waals surface area contributed by atoms with Gasteiger partial charge in [-0.2, -0.15) is 0 Å². The molecule has 2 fully saturated rings. The second-order valence-corrected chi connectivity index (χ2v) is 10.4. The van der Waals surface area contributed by atoms with Gasteiger partial charge < -0.3 is 35.2 Å². The van der Waals surface area contributed by atoms with Gasteiger partial charge in [0.15, 0.2) is 6.10 Å². The van der Waals surface area contributed by atoms with E-state index in [1.54, 1.807) is 13.2 Å². The third-order valence-electron chi connectivity index (χ3n) is 6.28. The molecule has 0 aromatic rings. The van der Waals surface area contributed by atoms with E-state index in [2.05, 4.69) is 15.5 Å². The summed E-state index contributed by atoms with van der Waals surface area (Å²) in [6.45, 7) is 11.1. The number of hydrogen-bond donors (Lipinski definition) is 4. The Balaban J connectivity index is 2.04. The van der Waals surface area contributed by atoms with Crippen molar-refractivity contribution in [1.82, 2.24) is 10.6 Å². The Morgan fingerprint density at radius 1 is 1.33 bits per heavy atom. The first kappa shape index (κ1) is 28.1. The van der Waals surface area contributed by atoms with E-state index in [9.17, 15) is 19.8 Å².